The molecule has 0 aromatic rings. The van der Waals surface area contributed by atoms with Crippen molar-refractivity contribution in [1.29, 1.82) is 0 Å². The molecule has 2 aliphatic heterocycles. The molecule has 6 heteroatoms. The lowest BCUT2D eigenvalue weighted by Gasteiger charge is -2.44. The van der Waals surface area contributed by atoms with Gasteiger partial charge < -0.3 is 5.32 Å². The summed E-state index contributed by atoms with van der Waals surface area (Å²) < 4.78 is 23.3. The molecule has 2 heterocycles. The van der Waals surface area contributed by atoms with Gasteiger partial charge in [-0.3, -0.25) is 4.79 Å². The van der Waals surface area contributed by atoms with Gasteiger partial charge in [0, 0.05) is 6.54 Å². The van der Waals surface area contributed by atoms with Gasteiger partial charge in [0.05, 0.1) is 0 Å². The van der Waals surface area contributed by atoms with Crippen LogP contribution in [0.5, 0.6) is 0 Å². The van der Waals surface area contributed by atoms with Crippen LogP contribution < -0.4 is 5.32 Å². The van der Waals surface area contributed by atoms with E-state index in [-0.39, 0.29) is 11.8 Å². The number of hydrogen-bond acceptors (Lipinski definition) is 4. The number of rotatable bonds is 2. The summed E-state index contributed by atoms with van der Waals surface area (Å²) in [5.41, 5.74) is 0. The quantitative estimate of drug-likeness (QED) is 0.700. The largest absolute Gasteiger partial charge is 0.316 e. The first-order valence-corrected chi connectivity index (χ1v) is 6.59. The Morgan fingerprint density at radius 3 is 2.67 bits per heavy atom. The van der Waals surface area contributed by atoms with Gasteiger partial charge in [0.15, 0.2) is 4.75 Å². The minimum absolute atomic E-state index is 0.269. The molecule has 2 aliphatic rings. The Balaban J connectivity index is 2.09. The van der Waals surface area contributed by atoms with Gasteiger partial charge in [0.25, 0.3) is 15.9 Å². The predicted molar refractivity (Wildman–Crippen MR) is 55.7 cm³/mol. The molecule has 0 radical (unpaired) electrons. The van der Waals surface area contributed by atoms with Gasteiger partial charge in [0.1, 0.15) is 0 Å². The summed E-state index contributed by atoms with van der Waals surface area (Å²) in [5.74, 6) is 0.00854. The Kier molecular flexibility index (Phi) is 2.31. The molecule has 5 nitrogen and oxygen atoms in total. The zero-order valence-corrected chi connectivity index (χ0v) is 9.80. The minimum Gasteiger partial charge on any atom is -0.316 e. The van der Waals surface area contributed by atoms with E-state index in [0.717, 1.165) is 23.8 Å². The average Bonchev–Trinajstić information content (AvgIpc) is 2.65. The summed E-state index contributed by atoms with van der Waals surface area (Å²) in [4.78, 5) is 11.6. The second-order valence-electron chi connectivity index (χ2n) is 4.71. The lowest BCUT2D eigenvalue weighted by Crippen LogP contribution is -2.68. The summed E-state index contributed by atoms with van der Waals surface area (Å²) in [6.07, 6.45) is 0.944. The van der Waals surface area contributed by atoms with Crippen molar-refractivity contribution >= 4 is 15.9 Å². The molecule has 0 aromatic carbocycles. The van der Waals surface area contributed by atoms with Crippen molar-refractivity contribution in [3.63, 3.8) is 0 Å². The van der Waals surface area contributed by atoms with Crippen LogP contribution in [-0.2, 0) is 14.8 Å². The maximum absolute atomic E-state index is 11.8. The molecule has 0 spiro atoms. The zero-order valence-electron chi connectivity index (χ0n) is 8.99. The van der Waals surface area contributed by atoms with Crippen molar-refractivity contribution in [1.82, 2.24) is 9.62 Å². The SMILES string of the molecule is CC1(C)C(=O)N(CC2CCNC2)S1(=O)=O. The Bertz CT molecular complexity index is 382. The second-order valence-corrected chi connectivity index (χ2v) is 7.12. The maximum atomic E-state index is 11.8. The molecule has 1 atom stereocenters. The lowest BCUT2D eigenvalue weighted by atomic mass is 10.1. The molecule has 2 rings (SSSR count). The first-order chi connectivity index (χ1) is 6.87. The van der Waals surface area contributed by atoms with E-state index in [2.05, 4.69) is 5.32 Å². The molecule has 0 aromatic heterocycles. The van der Waals surface area contributed by atoms with E-state index in [4.69, 9.17) is 0 Å². The minimum atomic E-state index is -3.38. The third-order valence-corrected chi connectivity index (χ3v) is 5.62. The van der Waals surface area contributed by atoms with E-state index in [1.165, 1.54) is 13.8 Å². The third kappa shape index (κ3) is 1.38. The molecule has 2 saturated heterocycles. The first-order valence-electron chi connectivity index (χ1n) is 5.15. The van der Waals surface area contributed by atoms with Crippen molar-refractivity contribution in [3.05, 3.63) is 0 Å². The maximum Gasteiger partial charge on any atom is 0.258 e. The van der Waals surface area contributed by atoms with Crippen molar-refractivity contribution in [2.24, 2.45) is 5.92 Å². The number of sulfonamides is 1. The number of amides is 1. The van der Waals surface area contributed by atoms with Crippen molar-refractivity contribution < 1.29 is 13.2 Å². The normalized spacial score (nSPS) is 32.8. The highest BCUT2D eigenvalue weighted by Crippen LogP contribution is 2.35. The van der Waals surface area contributed by atoms with Crippen LogP contribution >= 0.6 is 0 Å². The van der Waals surface area contributed by atoms with Crippen LogP contribution in [0.3, 0.4) is 0 Å². The monoisotopic (exact) mass is 232 g/mol. The number of hydrogen-bond donors (Lipinski definition) is 1. The van der Waals surface area contributed by atoms with E-state index in [1.54, 1.807) is 0 Å². The van der Waals surface area contributed by atoms with Crippen molar-refractivity contribution in [2.75, 3.05) is 19.6 Å². The standard InChI is InChI=1S/C9H16N2O3S/c1-9(2)8(12)11(15(9,13)14)6-7-3-4-10-5-7/h7,10H,3-6H2,1-2H3. The number of carbonyl (C=O) groups is 1. The zero-order chi connectivity index (χ0) is 11.3. The van der Waals surface area contributed by atoms with Crippen molar-refractivity contribution in [3.8, 4) is 0 Å². The van der Waals surface area contributed by atoms with Gasteiger partial charge in [0.2, 0.25) is 0 Å². The Hall–Kier alpha value is -0.620. The fourth-order valence-electron chi connectivity index (χ4n) is 2.04. The first kappa shape index (κ1) is 10.9. The Morgan fingerprint density at radius 2 is 2.20 bits per heavy atom. The molecule has 1 N–H and O–H groups in total. The number of nitrogens with one attached hydrogen (secondary N) is 1. The van der Waals surface area contributed by atoms with Gasteiger partial charge in [-0.1, -0.05) is 0 Å². The van der Waals surface area contributed by atoms with Gasteiger partial charge >= 0.3 is 0 Å². The van der Waals surface area contributed by atoms with Gasteiger partial charge in [-0.2, -0.15) is 0 Å². The van der Waals surface area contributed by atoms with Crippen LogP contribution in [0.2, 0.25) is 0 Å². The van der Waals surface area contributed by atoms with Crippen LogP contribution in [0, 0.1) is 5.92 Å². The molecule has 1 amide bonds. The van der Waals surface area contributed by atoms with E-state index >= 15 is 0 Å². The molecular weight excluding hydrogens is 216 g/mol. The molecule has 1 unspecified atom stereocenters. The summed E-state index contributed by atoms with van der Waals surface area (Å²) >= 11 is 0. The highest BCUT2D eigenvalue weighted by Gasteiger charge is 2.60. The molecule has 2 fully saturated rings. The van der Waals surface area contributed by atoms with E-state index in [0.29, 0.717) is 6.54 Å². The summed E-state index contributed by atoms with van der Waals surface area (Å²) in [7, 11) is -3.38. The van der Waals surface area contributed by atoms with Crippen LogP contribution in [0.4, 0.5) is 0 Å². The fourth-order valence-corrected chi connectivity index (χ4v) is 3.65. The number of nitrogens with zero attached hydrogens (tertiary/aromatic N) is 1. The molecule has 0 saturated carbocycles. The molecule has 86 valence electrons. The smallest absolute Gasteiger partial charge is 0.258 e. The topological polar surface area (TPSA) is 66.5 Å². The summed E-state index contributed by atoms with van der Waals surface area (Å²) in [5, 5.41) is 3.16. The van der Waals surface area contributed by atoms with E-state index in [1.807, 2.05) is 0 Å². The molecular formula is C9H16N2O3S. The Labute approximate surface area is 89.9 Å². The lowest BCUT2D eigenvalue weighted by molar-refractivity contribution is -0.132. The van der Waals surface area contributed by atoms with Crippen LogP contribution in [-0.4, -0.2) is 43.0 Å². The fraction of sp³-hybridized carbons (Fsp3) is 0.889. The Morgan fingerprint density at radius 1 is 1.53 bits per heavy atom. The average molecular weight is 232 g/mol. The van der Waals surface area contributed by atoms with Crippen LogP contribution in [0.15, 0.2) is 0 Å². The summed E-state index contributed by atoms with van der Waals surface area (Å²) in [6, 6.07) is 0. The summed E-state index contributed by atoms with van der Waals surface area (Å²) in [6.45, 7) is 5.00. The number of carbonyl (C=O) groups excluding carboxylic acids is 1. The van der Waals surface area contributed by atoms with E-state index in [9.17, 15) is 13.2 Å². The van der Waals surface area contributed by atoms with Gasteiger partial charge in [-0.15, -0.1) is 0 Å². The van der Waals surface area contributed by atoms with Gasteiger partial charge in [-0.05, 0) is 39.3 Å². The molecule has 0 aliphatic carbocycles. The predicted octanol–water partition coefficient (Wildman–Crippen LogP) is -0.453. The van der Waals surface area contributed by atoms with Crippen LogP contribution in [0.1, 0.15) is 20.3 Å². The molecule has 15 heavy (non-hydrogen) atoms. The van der Waals surface area contributed by atoms with Crippen molar-refractivity contribution in [2.45, 2.75) is 25.0 Å². The highest BCUT2D eigenvalue weighted by molar-refractivity contribution is 7.94. The molecule has 0 bridgehead atoms. The van der Waals surface area contributed by atoms with Gasteiger partial charge in [-0.25, -0.2) is 12.7 Å². The highest BCUT2D eigenvalue weighted by atomic mass is 32.2. The van der Waals surface area contributed by atoms with E-state index < -0.39 is 14.8 Å². The second kappa shape index (κ2) is 3.18. The third-order valence-electron chi connectivity index (χ3n) is 3.26. The van der Waals surface area contributed by atoms with Crippen LogP contribution in [0.25, 0.3) is 0 Å².